The minimum atomic E-state index is 0.383. The van der Waals surface area contributed by atoms with E-state index in [2.05, 4.69) is 40.6 Å². The maximum Gasteiger partial charge on any atom is 0.294 e. The smallest absolute Gasteiger partial charge is 0.294 e. The molecule has 2 rings (SSSR count). The number of ether oxygens (including phenoxy) is 1. The fourth-order valence-corrected chi connectivity index (χ4v) is 2.46. The third-order valence-corrected chi connectivity index (χ3v) is 3.55. The van der Waals surface area contributed by atoms with Gasteiger partial charge in [0.15, 0.2) is 0 Å². The summed E-state index contributed by atoms with van der Waals surface area (Å²) in [5.41, 5.74) is 4.74. The third-order valence-electron chi connectivity index (χ3n) is 2.96. The van der Waals surface area contributed by atoms with Gasteiger partial charge in [0.2, 0.25) is 0 Å². The molecule has 1 aliphatic rings. The van der Waals surface area contributed by atoms with Crippen LogP contribution in [-0.2, 0) is 4.74 Å². The lowest BCUT2D eigenvalue weighted by Gasteiger charge is -2.12. The lowest BCUT2D eigenvalue weighted by Crippen LogP contribution is -2.24. The third kappa shape index (κ3) is 4.93. The van der Waals surface area contributed by atoms with Gasteiger partial charge in [-0.3, -0.25) is 0 Å². The molecule has 1 aromatic rings. The number of allylic oxidation sites excluding steroid dienone is 8. The molecule has 0 spiro atoms. The molecule has 0 unspecified atom stereocenters. The zero-order valence-corrected chi connectivity index (χ0v) is 13.8. The molecule has 0 fully saturated rings. The maximum absolute atomic E-state index is 5.66. The second kappa shape index (κ2) is 8.70. The summed E-state index contributed by atoms with van der Waals surface area (Å²) in [5, 5.41) is 5.20. The van der Waals surface area contributed by atoms with Gasteiger partial charge in [0.1, 0.15) is 5.76 Å². The first-order valence-electron chi connectivity index (χ1n) is 7.10. The standard InChI is InChI=1S/C18H19N3OS/c1-4-8-16(5-2)22-18(19-3)21-15-10-7-6-9-14(11-15)17-12-23-13-20-17/h4-5,7-13H,1-2,6H2,3H3,(H,19,21)/b16-8+. The first-order valence-corrected chi connectivity index (χ1v) is 8.05. The lowest BCUT2D eigenvalue weighted by molar-refractivity contribution is 0.416. The molecule has 0 radical (unpaired) electrons. The van der Waals surface area contributed by atoms with Crippen LogP contribution in [0.25, 0.3) is 5.57 Å². The van der Waals surface area contributed by atoms with Crippen molar-refractivity contribution < 1.29 is 4.74 Å². The molecule has 1 N–H and O–H groups in total. The van der Waals surface area contributed by atoms with E-state index in [1.165, 1.54) is 0 Å². The zero-order chi connectivity index (χ0) is 16.5. The van der Waals surface area contributed by atoms with Gasteiger partial charge < -0.3 is 10.1 Å². The van der Waals surface area contributed by atoms with Gasteiger partial charge in [0.05, 0.1) is 11.2 Å². The Labute approximate surface area is 140 Å². The molecule has 0 bridgehead atoms. The number of aliphatic imine (C=N–C) groups is 1. The van der Waals surface area contributed by atoms with Gasteiger partial charge in [-0.2, -0.15) is 0 Å². The molecule has 0 aliphatic heterocycles. The van der Waals surface area contributed by atoms with Crippen LogP contribution in [0.1, 0.15) is 12.1 Å². The molecular formula is C18H19N3OS. The van der Waals surface area contributed by atoms with Crippen molar-refractivity contribution in [2.45, 2.75) is 6.42 Å². The average Bonchev–Trinajstić information content (AvgIpc) is 3.00. The number of thiazole rings is 1. The molecule has 1 aliphatic carbocycles. The number of amidine groups is 1. The number of hydrogen-bond acceptors (Lipinski definition) is 4. The summed E-state index contributed by atoms with van der Waals surface area (Å²) in [6.07, 6.45) is 14.0. The van der Waals surface area contributed by atoms with E-state index in [0.29, 0.717) is 11.8 Å². The van der Waals surface area contributed by atoms with Crippen LogP contribution < -0.4 is 5.32 Å². The fraction of sp³-hybridized carbons (Fsp3) is 0.111. The van der Waals surface area contributed by atoms with Crippen LogP contribution in [0, 0.1) is 0 Å². The largest absolute Gasteiger partial charge is 0.426 e. The zero-order valence-electron chi connectivity index (χ0n) is 13.0. The fourth-order valence-electron chi connectivity index (χ4n) is 1.90. The van der Waals surface area contributed by atoms with E-state index >= 15 is 0 Å². The Morgan fingerprint density at radius 2 is 2.35 bits per heavy atom. The summed E-state index contributed by atoms with van der Waals surface area (Å²) in [5.74, 6) is 0.571. The summed E-state index contributed by atoms with van der Waals surface area (Å²) in [4.78, 5) is 8.48. The maximum atomic E-state index is 5.66. The molecule has 0 atom stereocenters. The van der Waals surface area contributed by atoms with Gasteiger partial charge >= 0.3 is 0 Å². The first-order chi connectivity index (χ1) is 11.3. The van der Waals surface area contributed by atoms with Gasteiger partial charge in [0.25, 0.3) is 6.02 Å². The number of nitrogens with zero attached hydrogens (tertiary/aromatic N) is 2. The second-order valence-corrected chi connectivity index (χ2v) is 5.25. The topological polar surface area (TPSA) is 46.5 Å². The van der Waals surface area contributed by atoms with Crippen LogP contribution >= 0.6 is 11.3 Å². The Morgan fingerprint density at radius 3 is 3.00 bits per heavy atom. The molecule has 1 heterocycles. The van der Waals surface area contributed by atoms with E-state index in [9.17, 15) is 0 Å². The summed E-state index contributed by atoms with van der Waals surface area (Å²) >= 11 is 1.58. The minimum Gasteiger partial charge on any atom is -0.426 e. The Hall–Kier alpha value is -2.66. The van der Waals surface area contributed by atoms with Gasteiger partial charge in [-0.05, 0) is 36.3 Å². The number of hydrogen-bond donors (Lipinski definition) is 1. The molecule has 0 amide bonds. The summed E-state index contributed by atoms with van der Waals surface area (Å²) in [6, 6.07) is 0.383. The van der Waals surface area contributed by atoms with E-state index in [4.69, 9.17) is 4.74 Å². The molecular weight excluding hydrogens is 306 g/mol. The van der Waals surface area contributed by atoms with E-state index < -0.39 is 0 Å². The van der Waals surface area contributed by atoms with E-state index in [1.807, 2.05) is 23.0 Å². The van der Waals surface area contributed by atoms with Crippen molar-refractivity contribution in [1.82, 2.24) is 10.3 Å². The molecule has 0 saturated heterocycles. The highest BCUT2D eigenvalue weighted by molar-refractivity contribution is 7.07. The predicted molar refractivity (Wildman–Crippen MR) is 98.0 cm³/mol. The molecule has 4 nitrogen and oxygen atoms in total. The van der Waals surface area contributed by atoms with E-state index in [0.717, 1.165) is 23.4 Å². The lowest BCUT2D eigenvalue weighted by atomic mass is 10.1. The average molecular weight is 325 g/mol. The number of nitrogens with one attached hydrogen (secondary N) is 1. The van der Waals surface area contributed by atoms with Crippen LogP contribution in [0.2, 0.25) is 0 Å². The first kappa shape index (κ1) is 16.7. The molecule has 5 heteroatoms. The summed E-state index contributed by atoms with van der Waals surface area (Å²) < 4.78 is 5.66. The Balaban J connectivity index is 2.16. The van der Waals surface area contributed by atoms with Gasteiger partial charge in [-0.1, -0.05) is 31.4 Å². The molecule has 0 saturated carbocycles. The molecule has 118 valence electrons. The highest BCUT2D eigenvalue weighted by Crippen LogP contribution is 2.20. The van der Waals surface area contributed by atoms with Crippen molar-refractivity contribution in [2.75, 3.05) is 7.05 Å². The van der Waals surface area contributed by atoms with Crippen LogP contribution in [-0.4, -0.2) is 18.1 Å². The van der Waals surface area contributed by atoms with Crippen LogP contribution in [0.5, 0.6) is 0 Å². The van der Waals surface area contributed by atoms with Crippen LogP contribution in [0.4, 0.5) is 0 Å². The van der Waals surface area contributed by atoms with Gasteiger partial charge in [0, 0.05) is 18.1 Å². The summed E-state index contributed by atoms with van der Waals surface area (Å²) in [6.45, 7) is 7.35. The monoisotopic (exact) mass is 325 g/mol. The number of aromatic nitrogens is 1. The van der Waals surface area contributed by atoms with Crippen molar-refractivity contribution in [3.63, 3.8) is 0 Å². The summed E-state index contributed by atoms with van der Waals surface area (Å²) in [7, 11) is 1.66. The molecule has 0 aromatic carbocycles. The SMILES string of the molecule is C=C/C=C(\C=C)OC(=NC)NC1=CC(c2cscn2)=CCC=C1. The predicted octanol–water partition coefficient (Wildman–Crippen LogP) is 4.22. The molecule has 23 heavy (non-hydrogen) atoms. The number of rotatable bonds is 5. The van der Waals surface area contributed by atoms with Gasteiger partial charge in [-0.15, -0.1) is 11.3 Å². The normalized spacial score (nSPS) is 15.3. The second-order valence-electron chi connectivity index (χ2n) is 4.54. The van der Waals surface area contributed by atoms with Crippen molar-refractivity contribution in [3.8, 4) is 0 Å². The van der Waals surface area contributed by atoms with Crippen LogP contribution in [0.3, 0.4) is 0 Å². The van der Waals surface area contributed by atoms with E-state index in [-0.39, 0.29) is 0 Å². The Morgan fingerprint density at radius 1 is 1.48 bits per heavy atom. The van der Waals surface area contributed by atoms with Crippen molar-refractivity contribution in [2.24, 2.45) is 4.99 Å². The van der Waals surface area contributed by atoms with Crippen molar-refractivity contribution >= 4 is 22.9 Å². The highest BCUT2D eigenvalue weighted by atomic mass is 32.1. The van der Waals surface area contributed by atoms with Gasteiger partial charge in [-0.25, -0.2) is 9.98 Å². The van der Waals surface area contributed by atoms with E-state index in [1.54, 1.807) is 36.6 Å². The van der Waals surface area contributed by atoms with Crippen molar-refractivity contribution in [1.29, 1.82) is 0 Å². The minimum absolute atomic E-state index is 0.383. The Bertz CT molecular complexity index is 707. The highest BCUT2D eigenvalue weighted by Gasteiger charge is 2.08. The molecule has 1 aromatic heterocycles. The quantitative estimate of drug-likeness (QED) is 0.382. The van der Waals surface area contributed by atoms with Crippen LogP contribution in [0.15, 0.2) is 83.0 Å². The van der Waals surface area contributed by atoms with Crippen molar-refractivity contribution in [3.05, 3.63) is 83.7 Å². The Kier molecular flexibility index (Phi) is 6.32.